The van der Waals surface area contributed by atoms with Crippen LogP contribution in [0.5, 0.6) is 0 Å². The molecule has 2 aromatic heterocycles. The van der Waals surface area contributed by atoms with Crippen LogP contribution in [0.15, 0.2) is 16.8 Å². The van der Waals surface area contributed by atoms with Crippen LogP contribution in [0.3, 0.4) is 0 Å². The van der Waals surface area contributed by atoms with Gasteiger partial charge in [0.2, 0.25) is 17.6 Å². The van der Waals surface area contributed by atoms with Gasteiger partial charge in [-0.15, -0.1) is 0 Å². The number of nitrogens with two attached hydrogens (primary N) is 1. The van der Waals surface area contributed by atoms with E-state index in [-0.39, 0.29) is 17.6 Å². The molecule has 0 aliphatic heterocycles. The van der Waals surface area contributed by atoms with Gasteiger partial charge in [-0.05, 0) is 4.92 Å². The van der Waals surface area contributed by atoms with Crippen LogP contribution in [0, 0.1) is 10.1 Å². The van der Waals surface area contributed by atoms with E-state index in [1.165, 1.54) is 17.8 Å². The fraction of sp³-hybridized carbons (Fsp3) is 0.250. The third-order valence-electron chi connectivity index (χ3n) is 2.21. The number of rotatable bonds is 3. The Bertz CT molecular complexity index is 563. The van der Waals surface area contributed by atoms with Gasteiger partial charge in [0, 0.05) is 0 Å². The van der Waals surface area contributed by atoms with Crippen molar-refractivity contribution in [3.63, 3.8) is 0 Å². The Morgan fingerprint density at radius 2 is 2.29 bits per heavy atom. The van der Waals surface area contributed by atoms with Gasteiger partial charge < -0.3 is 20.3 Å². The van der Waals surface area contributed by atoms with E-state index in [0.29, 0.717) is 5.82 Å². The van der Waals surface area contributed by atoms with Crippen molar-refractivity contribution in [2.45, 2.75) is 5.25 Å². The van der Waals surface area contributed by atoms with E-state index in [1.54, 1.807) is 0 Å². The molecule has 0 aliphatic rings. The number of imidazole rings is 1. The normalized spacial score (nSPS) is 12.6. The highest BCUT2D eigenvalue weighted by Crippen LogP contribution is 2.29. The molecule has 1 atom stereocenters. The number of nitrogens with zero attached hydrogens (tertiary/aromatic N) is 4. The third-order valence-corrected chi connectivity index (χ3v) is 2.66. The summed E-state index contributed by atoms with van der Waals surface area (Å²) in [6, 6.07) is 0. The van der Waals surface area contributed by atoms with Gasteiger partial charge >= 0.3 is 5.82 Å². The standard InChI is InChI=1S/C8H9N5O3S/c1-12-5(13(14)15)3-10-7(12)6(17)8-11-2-4(9)16-8/h2-3,6,17H,9H2,1H3. The Hall–Kier alpha value is -2.03. The summed E-state index contributed by atoms with van der Waals surface area (Å²) in [5.74, 6) is 0.637. The monoisotopic (exact) mass is 255 g/mol. The molecule has 0 fully saturated rings. The van der Waals surface area contributed by atoms with Gasteiger partial charge in [0.15, 0.2) is 5.25 Å². The smallest absolute Gasteiger partial charge is 0.342 e. The molecule has 0 spiro atoms. The lowest BCUT2D eigenvalue weighted by atomic mass is 10.4. The van der Waals surface area contributed by atoms with Crippen LogP contribution in [0.1, 0.15) is 17.0 Å². The Kier molecular flexibility index (Phi) is 2.76. The van der Waals surface area contributed by atoms with Crippen LogP contribution < -0.4 is 5.73 Å². The van der Waals surface area contributed by atoms with E-state index in [1.807, 2.05) is 0 Å². The first-order valence-corrected chi connectivity index (χ1v) is 5.07. The second-order valence-electron chi connectivity index (χ2n) is 3.29. The quantitative estimate of drug-likeness (QED) is 0.479. The van der Waals surface area contributed by atoms with Crippen molar-refractivity contribution in [1.82, 2.24) is 14.5 Å². The van der Waals surface area contributed by atoms with Gasteiger partial charge in [-0.2, -0.15) is 12.6 Å². The van der Waals surface area contributed by atoms with Crippen molar-refractivity contribution < 1.29 is 9.34 Å². The predicted octanol–water partition coefficient (Wildman–Crippen LogP) is 0.918. The lowest BCUT2D eigenvalue weighted by Crippen LogP contribution is -2.05. The minimum atomic E-state index is -0.606. The summed E-state index contributed by atoms with van der Waals surface area (Å²) in [5, 5.41) is 10.1. The van der Waals surface area contributed by atoms with Gasteiger partial charge in [0.1, 0.15) is 6.20 Å². The summed E-state index contributed by atoms with van der Waals surface area (Å²) < 4.78 is 6.41. The minimum Gasteiger partial charge on any atom is -0.424 e. The second-order valence-corrected chi connectivity index (χ2v) is 3.81. The average Bonchev–Trinajstić information content (AvgIpc) is 2.83. The highest BCUT2D eigenvalue weighted by molar-refractivity contribution is 7.80. The Morgan fingerprint density at radius 3 is 2.76 bits per heavy atom. The first-order valence-electron chi connectivity index (χ1n) is 4.56. The predicted molar refractivity (Wildman–Crippen MR) is 61.6 cm³/mol. The van der Waals surface area contributed by atoms with Gasteiger partial charge in [-0.3, -0.25) is 0 Å². The van der Waals surface area contributed by atoms with Gasteiger partial charge in [-0.25, -0.2) is 14.5 Å². The van der Waals surface area contributed by atoms with Crippen LogP contribution in [0.25, 0.3) is 0 Å². The molecule has 2 heterocycles. The molecule has 2 N–H and O–H groups in total. The number of hydrogen-bond donors (Lipinski definition) is 2. The molecular weight excluding hydrogens is 246 g/mol. The van der Waals surface area contributed by atoms with Crippen LogP contribution in [0.2, 0.25) is 0 Å². The molecule has 0 bridgehead atoms. The van der Waals surface area contributed by atoms with E-state index >= 15 is 0 Å². The number of oxazole rings is 1. The van der Waals surface area contributed by atoms with E-state index < -0.39 is 10.2 Å². The zero-order valence-corrected chi connectivity index (χ0v) is 9.66. The van der Waals surface area contributed by atoms with Crippen molar-refractivity contribution in [2.24, 2.45) is 7.05 Å². The molecule has 2 aromatic rings. The zero-order valence-electron chi connectivity index (χ0n) is 8.77. The average molecular weight is 255 g/mol. The lowest BCUT2D eigenvalue weighted by molar-refractivity contribution is -0.391. The molecule has 0 saturated heterocycles. The fourth-order valence-electron chi connectivity index (χ4n) is 1.38. The number of nitrogen functional groups attached to an aromatic ring is 1. The molecule has 1 unspecified atom stereocenters. The molecule has 0 radical (unpaired) electrons. The molecule has 0 saturated carbocycles. The molecule has 8 nitrogen and oxygen atoms in total. The molecule has 90 valence electrons. The Balaban J connectivity index is 2.38. The summed E-state index contributed by atoms with van der Waals surface area (Å²) >= 11 is 4.26. The Labute approximate surface area is 101 Å². The summed E-state index contributed by atoms with van der Waals surface area (Å²) in [6.45, 7) is 0. The number of thiol groups is 1. The number of hydrogen-bond acceptors (Lipinski definition) is 7. The molecular formula is C8H9N5O3S. The molecule has 17 heavy (non-hydrogen) atoms. The SMILES string of the molecule is Cn1c([N+](=O)[O-])cnc1C(S)c1ncc(N)o1. The van der Waals surface area contributed by atoms with Crippen LogP contribution in [-0.4, -0.2) is 19.5 Å². The largest absolute Gasteiger partial charge is 0.424 e. The van der Waals surface area contributed by atoms with Crippen molar-refractivity contribution in [3.8, 4) is 0 Å². The fourth-order valence-corrected chi connectivity index (χ4v) is 1.73. The number of nitro groups is 1. The van der Waals surface area contributed by atoms with Crippen molar-refractivity contribution in [1.29, 1.82) is 0 Å². The van der Waals surface area contributed by atoms with Crippen molar-refractivity contribution in [3.05, 3.63) is 34.2 Å². The maximum atomic E-state index is 10.7. The second kappa shape index (κ2) is 4.09. The van der Waals surface area contributed by atoms with E-state index in [4.69, 9.17) is 10.2 Å². The summed E-state index contributed by atoms with van der Waals surface area (Å²) in [5.41, 5.74) is 5.39. The topological polar surface area (TPSA) is 113 Å². The molecule has 0 aromatic carbocycles. The first kappa shape index (κ1) is 11.5. The van der Waals surface area contributed by atoms with Gasteiger partial charge in [-0.1, -0.05) is 0 Å². The minimum absolute atomic E-state index is 0.126. The molecule has 0 amide bonds. The summed E-state index contributed by atoms with van der Waals surface area (Å²) in [6.07, 6.45) is 2.50. The van der Waals surface area contributed by atoms with E-state index in [9.17, 15) is 10.1 Å². The number of anilines is 1. The summed E-state index contributed by atoms with van der Waals surface area (Å²) in [7, 11) is 1.52. The molecule has 0 aliphatic carbocycles. The maximum absolute atomic E-state index is 10.7. The van der Waals surface area contributed by atoms with Gasteiger partial charge in [0.05, 0.1) is 13.2 Å². The van der Waals surface area contributed by atoms with Gasteiger partial charge in [0.25, 0.3) is 0 Å². The molecule has 2 rings (SSSR count). The zero-order chi connectivity index (χ0) is 12.6. The van der Waals surface area contributed by atoms with Crippen LogP contribution in [-0.2, 0) is 7.05 Å². The van der Waals surface area contributed by atoms with Crippen LogP contribution in [0.4, 0.5) is 11.7 Å². The van der Waals surface area contributed by atoms with Crippen molar-refractivity contribution in [2.75, 3.05) is 5.73 Å². The highest BCUT2D eigenvalue weighted by atomic mass is 32.1. The maximum Gasteiger partial charge on any atom is 0.342 e. The third kappa shape index (κ3) is 1.96. The lowest BCUT2D eigenvalue weighted by Gasteiger charge is -2.03. The highest BCUT2D eigenvalue weighted by Gasteiger charge is 2.26. The number of aromatic nitrogens is 3. The van der Waals surface area contributed by atoms with E-state index in [0.717, 1.165) is 6.20 Å². The van der Waals surface area contributed by atoms with Crippen molar-refractivity contribution >= 4 is 24.3 Å². The summed E-state index contributed by atoms with van der Waals surface area (Å²) in [4.78, 5) is 18.0. The Morgan fingerprint density at radius 1 is 1.59 bits per heavy atom. The molecule has 9 heteroatoms. The van der Waals surface area contributed by atoms with E-state index in [2.05, 4.69) is 22.6 Å². The van der Waals surface area contributed by atoms with Crippen LogP contribution >= 0.6 is 12.6 Å². The first-order chi connectivity index (χ1) is 8.00.